The molecule has 1 aromatic rings. The summed E-state index contributed by atoms with van der Waals surface area (Å²) < 4.78 is 0. The number of amides is 2. The van der Waals surface area contributed by atoms with Crippen molar-refractivity contribution in [2.45, 2.75) is 60.5 Å². The molecule has 0 spiro atoms. The van der Waals surface area contributed by atoms with Gasteiger partial charge in [0.25, 0.3) is 0 Å². The van der Waals surface area contributed by atoms with E-state index >= 15 is 0 Å². The van der Waals surface area contributed by atoms with E-state index in [-0.39, 0.29) is 11.8 Å². The second-order valence-electron chi connectivity index (χ2n) is 7.19. The first-order chi connectivity index (χ1) is 10.6. The Balaban J connectivity index is 2.77. The van der Waals surface area contributed by atoms with Crippen LogP contribution in [0.3, 0.4) is 0 Å². The van der Waals surface area contributed by atoms with Gasteiger partial charge in [-0.15, -0.1) is 0 Å². The summed E-state index contributed by atoms with van der Waals surface area (Å²) in [7, 11) is 0. The zero-order chi connectivity index (χ0) is 17.6. The Bertz CT molecular complexity index is 529. The molecule has 1 rings (SSSR count). The maximum atomic E-state index is 12.7. The first-order valence-corrected chi connectivity index (χ1v) is 8.30. The molecule has 4 nitrogen and oxygen atoms in total. The molecule has 23 heavy (non-hydrogen) atoms. The van der Waals surface area contributed by atoms with Crippen LogP contribution in [0.1, 0.15) is 52.2 Å². The molecule has 0 aliphatic heterocycles. The van der Waals surface area contributed by atoms with Gasteiger partial charge in [0.2, 0.25) is 11.8 Å². The average Bonchev–Trinajstić information content (AvgIpc) is 2.47. The van der Waals surface area contributed by atoms with Crippen LogP contribution in [-0.2, 0) is 16.1 Å². The molecule has 0 saturated heterocycles. The third-order valence-corrected chi connectivity index (χ3v) is 3.70. The summed E-state index contributed by atoms with van der Waals surface area (Å²) in [6, 6.07) is 7.68. The maximum absolute atomic E-state index is 12.7. The molecule has 0 aliphatic rings. The number of nitrogens with one attached hydrogen (secondary N) is 1. The molecule has 0 saturated carbocycles. The van der Waals surface area contributed by atoms with E-state index in [1.807, 2.05) is 51.7 Å². The van der Waals surface area contributed by atoms with Crippen molar-refractivity contribution in [2.24, 2.45) is 5.41 Å². The van der Waals surface area contributed by atoms with E-state index in [0.717, 1.165) is 12.0 Å². The molecule has 1 atom stereocenters. The van der Waals surface area contributed by atoms with Gasteiger partial charge in [-0.05, 0) is 25.8 Å². The highest BCUT2D eigenvalue weighted by atomic mass is 16.2. The molecule has 0 fully saturated rings. The summed E-state index contributed by atoms with van der Waals surface area (Å²) >= 11 is 0. The zero-order valence-electron chi connectivity index (χ0n) is 15.3. The fourth-order valence-corrected chi connectivity index (χ4v) is 2.20. The van der Waals surface area contributed by atoms with E-state index in [1.165, 1.54) is 5.56 Å². The van der Waals surface area contributed by atoms with Crippen LogP contribution in [0, 0.1) is 12.3 Å². The van der Waals surface area contributed by atoms with Crippen molar-refractivity contribution in [2.75, 3.05) is 6.54 Å². The largest absolute Gasteiger partial charge is 0.344 e. The molecule has 128 valence electrons. The highest BCUT2D eigenvalue weighted by Gasteiger charge is 2.27. The lowest BCUT2D eigenvalue weighted by atomic mass is 9.95. The van der Waals surface area contributed by atoms with Crippen molar-refractivity contribution in [3.8, 4) is 0 Å². The number of carbonyl (C=O) groups is 2. The standard InChI is InChI=1S/C19H30N2O2/c1-7-12-21(13-16-10-8-14(2)9-11-16)17(22)15(3)20-18(23)19(4,5)6/h8-11,15H,7,12-13H2,1-6H3,(H,20,23). The summed E-state index contributed by atoms with van der Waals surface area (Å²) in [6.45, 7) is 12.6. The first-order valence-electron chi connectivity index (χ1n) is 8.30. The Morgan fingerprint density at radius 2 is 1.74 bits per heavy atom. The van der Waals surface area contributed by atoms with Crippen molar-refractivity contribution in [3.05, 3.63) is 35.4 Å². The minimum Gasteiger partial charge on any atom is -0.344 e. The Hall–Kier alpha value is -1.84. The summed E-state index contributed by atoms with van der Waals surface area (Å²) in [4.78, 5) is 26.6. The third-order valence-electron chi connectivity index (χ3n) is 3.70. The minimum atomic E-state index is -0.515. The van der Waals surface area contributed by atoms with Gasteiger partial charge in [-0.3, -0.25) is 9.59 Å². The van der Waals surface area contributed by atoms with E-state index in [1.54, 1.807) is 6.92 Å². The predicted molar refractivity (Wildman–Crippen MR) is 93.9 cm³/mol. The quantitative estimate of drug-likeness (QED) is 0.875. The maximum Gasteiger partial charge on any atom is 0.245 e. The normalized spacial score (nSPS) is 12.6. The number of rotatable bonds is 6. The second kappa shape index (κ2) is 8.14. The smallest absolute Gasteiger partial charge is 0.245 e. The summed E-state index contributed by atoms with van der Waals surface area (Å²) in [5, 5.41) is 2.82. The summed E-state index contributed by atoms with van der Waals surface area (Å²) in [6.07, 6.45) is 0.886. The number of hydrogen-bond donors (Lipinski definition) is 1. The van der Waals surface area contributed by atoms with Gasteiger partial charge in [-0.25, -0.2) is 0 Å². The third kappa shape index (κ3) is 6.05. The van der Waals surface area contributed by atoms with E-state index in [4.69, 9.17) is 0 Å². The Morgan fingerprint density at radius 1 is 1.17 bits per heavy atom. The van der Waals surface area contributed by atoms with Crippen molar-refractivity contribution in [3.63, 3.8) is 0 Å². The van der Waals surface area contributed by atoms with Gasteiger partial charge >= 0.3 is 0 Å². The van der Waals surface area contributed by atoms with Crippen molar-refractivity contribution in [1.29, 1.82) is 0 Å². The Morgan fingerprint density at radius 3 is 2.22 bits per heavy atom. The Labute approximate surface area is 140 Å². The van der Waals surface area contributed by atoms with E-state index in [2.05, 4.69) is 17.4 Å². The van der Waals surface area contributed by atoms with E-state index < -0.39 is 11.5 Å². The molecule has 0 aliphatic carbocycles. The molecule has 0 aromatic heterocycles. The molecular weight excluding hydrogens is 288 g/mol. The highest BCUT2D eigenvalue weighted by Crippen LogP contribution is 2.14. The lowest BCUT2D eigenvalue weighted by Gasteiger charge is -2.28. The van der Waals surface area contributed by atoms with Crippen molar-refractivity contribution in [1.82, 2.24) is 10.2 Å². The van der Waals surface area contributed by atoms with Crippen LogP contribution in [0.5, 0.6) is 0 Å². The molecule has 2 amide bonds. The predicted octanol–water partition coefficient (Wildman–Crippen LogP) is 3.28. The number of nitrogens with zero attached hydrogens (tertiary/aromatic N) is 1. The number of hydrogen-bond acceptors (Lipinski definition) is 2. The summed E-state index contributed by atoms with van der Waals surface area (Å²) in [5.41, 5.74) is 1.81. The molecule has 1 aromatic carbocycles. The number of carbonyl (C=O) groups excluding carboxylic acids is 2. The van der Waals surface area contributed by atoms with Gasteiger partial charge < -0.3 is 10.2 Å². The first kappa shape index (κ1) is 19.2. The van der Waals surface area contributed by atoms with Crippen LogP contribution < -0.4 is 5.32 Å². The topological polar surface area (TPSA) is 49.4 Å². The van der Waals surface area contributed by atoms with Gasteiger partial charge in [0.05, 0.1) is 0 Å². The highest BCUT2D eigenvalue weighted by molar-refractivity contribution is 5.89. The molecule has 0 heterocycles. The van der Waals surface area contributed by atoms with Gasteiger partial charge in [0, 0.05) is 18.5 Å². The lowest BCUT2D eigenvalue weighted by molar-refractivity contribution is -0.138. The van der Waals surface area contributed by atoms with Gasteiger partial charge in [-0.2, -0.15) is 0 Å². The molecule has 0 bridgehead atoms. The van der Waals surface area contributed by atoms with Gasteiger partial charge in [0.1, 0.15) is 6.04 Å². The lowest BCUT2D eigenvalue weighted by Crippen LogP contribution is -2.49. The fraction of sp³-hybridized carbons (Fsp3) is 0.579. The van der Waals surface area contributed by atoms with Crippen LogP contribution in [0.2, 0.25) is 0 Å². The van der Waals surface area contributed by atoms with E-state index in [0.29, 0.717) is 13.1 Å². The van der Waals surface area contributed by atoms with Crippen LogP contribution >= 0.6 is 0 Å². The Kier molecular flexibility index (Phi) is 6.79. The van der Waals surface area contributed by atoms with Crippen molar-refractivity contribution < 1.29 is 9.59 Å². The molecule has 1 unspecified atom stereocenters. The van der Waals surface area contributed by atoms with Crippen LogP contribution in [0.4, 0.5) is 0 Å². The van der Waals surface area contributed by atoms with Gasteiger partial charge in [0.15, 0.2) is 0 Å². The van der Waals surface area contributed by atoms with Crippen LogP contribution in [0.15, 0.2) is 24.3 Å². The summed E-state index contributed by atoms with van der Waals surface area (Å²) in [5.74, 6) is -0.143. The van der Waals surface area contributed by atoms with Crippen LogP contribution in [-0.4, -0.2) is 29.3 Å². The second-order valence-corrected chi connectivity index (χ2v) is 7.19. The van der Waals surface area contributed by atoms with E-state index in [9.17, 15) is 9.59 Å². The van der Waals surface area contributed by atoms with Crippen LogP contribution in [0.25, 0.3) is 0 Å². The fourth-order valence-electron chi connectivity index (χ4n) is 2.20. The molecule has 0 radical (unpaired) electrons. The number of aryl methyl sites for hydroxylation is 1. The average molecular weight is 318 g/mol. The molecule has 1 N–H and O–H groups in total. The van der Waals surface area contributed by atoms with Crippen molar-refractivity contribution >= 4 is 11.8 Å². The minimum absolute atomic E-state index is 0.0370. The molecular formula is C19H30N2O2. The SMILES string of the molecule is CCCN(Cc1ccc(C)cc1)C(=O)C(C)NC(=O)C(C)(C)C. The monoisotopic (exact) mass is 318 g/mol. The van der Waals surface area contributed by atoms with Gasteiger partial charge in [-0.1, -0.05) is 57.5 Å². The number of benzene rings is 1. The molecule has 4 heteroatoms. The zero-order valence-corrected chi connectivity index (χ0v) is 15.3.